The van der Waals surface area contributed by atoms with Gasteiger partial charge in [0.2, 0.25) is 0 Å². The Labute approximate surface area is 117 Å². The van der Waals surface area contributed by atoms with E-state index in [0.717, 1.165) is 27.6 Å². The summed E-state index contributed by atoms with van der Waals surface area (Å²) < 4.78 is 14.1. The fourth-order valence-electron chi connectivity index (χ4n) is 2.57. The van der Waals surface area contributed by atoms with Crippen molar-refractivity contribution in [2.75, 3.05) is 7.05 Å². The summed E-state index contributed by atoms with van der Waals surface area (Å²) in [6.07, 6.45) is 2.54. The molecule has 0 saturated heterocycles. The highest BCUT2D eigenvalue weighted by Gasteiger charge is 2.09. The van der Waals surface area contributed by atoms with Gasteiger partial charge in [0.1, 0.15) is 5.82 Å². The van der Waals surface area contributed by atoms with Gasteiger partial charge in [-0.3, -0.25) is 0 Å². The van der Waals surface area contributed by atoms with Crippen LogP contribution in [0.2, 0.25) is 0 Å². The molecule has 2 nitrogen and oxygen atoms in total. The molecule has 3 heteroatoms. The number of aromatic nitrogens is 1. The molecule has 102 valence electrons. The lowest BCUT2D eigenvalue weighted by Crippen LogP contribution is -2.09. The molecule has 3 rings (SSSR count). The molecule has 0 radical (unpaired) electrons. The number of hydrogen-bond acceptors (Lipinski definition) is 1. The number of benzene rings is 2. The van der Waals surface area contributed by atoms with Crippen molar-refractivity contribution in [2.24, 2.45) is 0 Å². The van der Waals surface area contributed by atoms with Gasteiger partial charge in [-0.25, -0.2) is 4.39 Å². The monoisotopic (exact) mass is 268 g/mol. The molecule has 2 aromatic carbocycles. The van der Waals surface area contributed by atoms with Crippen LogP contribution in [-0.4, -0.2) is 12.0 Å². The van der Waals surface area contributed by atoms with Gasteiger partial charge in [-0.1, -0.05) is 18.2 Å². The Morgan fingerprint density at radius 1 is 1.15 bits per heavy atom. The normalized spacial score (nSPS) is 11.1. The van der Waals surface area contributed by atoms with E-state index in [0.29, 0.717) is 13.0 Å². The van der Waals surface area contributed by atoms with Gasteiger partial charge in [-0.2, -0.15) is 0 Å². The topological polar surface area (TPSA) is 27.8 Å². The lowest BCUT2D eigenvalue weighted by molar-refractivity contribution is 0.608. The minimum Gasteiger partial charge on any atom is -0.361 e. The van der Waals surface area contributed by atoms with Crippen molar-refractivity contribution in [2.45, 2.75) is 13.0 Å². The molecule has 0 aliphatic heterocycles. The summed E-state index contributed by atoms with van der Waals surface area (Å²) >= 11 is 0. The van der Waals surface area contributed by atoms with E-state index >= 15 is 0 Å². The molecule has 0 unspecified atom stereocenters. The molecule has 0 atom stereocenters. The van der Waals surface area contributed by atoms with Crippen LogP contribution in [-0.2, 0) is 13.0 Å². The maximum absolute atomic E-state index is 14.1. The maximum Gasteiger partial charge on any atom is 0.127 e. The van der Waals surface area contributed by atoms with Crippen LogP contribution in [0.4, 0.5) is 4.39 Å². The summed E-state index contributed by atoms with van der Waals surface area (Å²) in [5.41, 5.74) is 4.02. The third-order valence-electron chi connectivity index (χ3n) is 3.58. The molecule has 3 aromatic rings. The third-order valence-corrected chi connectivity index (χ3v) is 3.58. The molecular formula is C17H17FN2. The minimum atomic E-state index is -0.132. The van der Waals surface area contributed by atoms with Crippen molar-refractivity contribution < 1.29 is 4.39 Å². The number of rotatable bonds is 4. The van der Waals surface area contributed by atoms with Crippen molar-refractivity contribution >= 4 is 10.9 Å². The first-order valence-corrected chi connectivity index (χ1v) is 6.75. The number of hydrogen-bond donors (Lipinski definition) is 2. The molecular weight excluding hydrogens is 251 g/mol. The van der Waals surface area contributed by atoms with Crippen LogP contribution in [0.1, 0.15) is 16.7 Å². The summed E-state index contributed by atoms with van der Waals surface area (Å²) in [5.74, 6) is -0.132. The average molecular weight is 268 g/mol. The Kier molecular flexibility index (Phi) is 3.52. The van der Waals surface area contributed by atoms with E-state index in [9.17, 15) is 4.39 Å². The first kappa shape index (κ1) is 12.9. The highest BCUT2D eigenvalue weighted by Crippen LogP contribution is 2.21. The molecule has 0 amide bonds. The predicted molar refractivity (Wildman–Crippen MR) is 80.3 cm³/mol. The Hall–Kier alpha value is -2.13. The number of fused-ring (bicyclic) bond motifs is 1. The second-order valence-electron chi connectivity index (χ2n) is 4.98. The first-order chi connectivity index (χ1) is 9.78. The van der Waals surface area contributed by atoms with Gasteiger partial charge in [-0.15, -0.1) is 0 Å². The van der Waals surface area contributed by atoms with Crippen LogP contribution in [0.25, 0.3) is 10.9 Å². The van der Waals surface area contributed by atoms with E-state index in [1.54, 1.807) is 6.07 Å². The lowest BCUT2D eigenvalue weighted by Gasteiger charge is -2.10. The SMILES string of the molecule is CNCc1cccc(F)c1Cc1ccc2[nH]ccc2c1. The van der Waals surface area contributed by atoms with Crippen molar-refractivity contribution in [1.82, 2.24) is 10.3 Å². The highest BCUT2D eigenvalue weighted by atomic mass is 19.1. The summed E-state index contributed by atoms with van der Waals surface area (Å²) in [6.45, 7) is 0.680. The zero-order valence-electron chi connectivity index (χ0n) is 11.4. The maximum atomic E-state index is 14.1. The van der Waals surface area contributed by atoms with E-state index in [2.05, 4.69) is 22.4 Å². The molecule has 2 N–H and O–H groups in total. The van der Waals surface area contributed by atoms with Crippen LogP contribution in [0, 0.1) is 5.82 Å². The number of nitrogens with one attached hydrogen (secondary N) is 2. The second kappa shape index (κ2) is 5.47. The van der Waals surface area contributed by atoms with E-state index < -0.39 is 0 Å². The lowest BCUT2D eigenvalue weighted by atomic mass is 9.98. The molecule has 0 saturated carbocycles. The van der Waals surface area contributed by atoms with Crippen molar-refractivity contribution in [1.29, 1.82) is 0 Å². The largest absolute Gasteiger partial charge is 0.361 e. The molecule has 0 spiro atoms. The Morgan fingerprint density at radius 2 is 2.05 bits per heavy atom. The van der Waals surface area contributed by atoms with Crippen LogP contribution >= 0.6 is 0 Å². The summed E-state index contributed by atoms with van der Waals surface area (Å²) in [5, 5.41) is 4.25. The van der Waals surface area contributed by atoms with Gasteiger partial charge >= 0.3 is 0 Å². The van der Waals surface area contributed by atoms with E-state index in [-0.39, 0.29) is 5.82 Å². The quantitative estimate of drug-likeness (QED) is 0.743. The van der Waals surface area contributed by atoms with Crippen molar-refractivity contribution in [3.05, 3.63) is 71.2 Å². The Bertz CT molecular complexity index is 731. The van der Waals surface area contributed by atoms with E-state index in [1.165, 1.54) is 6.07 Å². The molecule has 0 aliphatic rings. The number of aromatic amines is 1. The van der Waals surface area contributed by atoms with Crippen LogP contribution in [0.5, 0.6) is 0 Å². The zero-order chi connectivity index (χ0) is 13.9. The molecule has 1 aromatic heterocycles. The summed E-state index contributed by atoms with van der Waals surface area (Å²) in [6, 6.07) is 13.5. The highest BCUT2D eigenvalue weighted by molar-refractivity contribution is 5.80. The van der Waals surface area contributed by atoms with Crippen molar-refractivity contribution in [3.8, 4) is 0 Å². The first-order valence-electron chi connectivity index (χ1n) is 6.75. The standard InChI is InChI=1S/C17H17FN2/c1-19-11-14-3-2-4-16(18)15(14)10-12-5-6-17-13(9-12)7-8-20-17/h2-9,19-20H,10-11H2,1H3. The molecule has 20 heavy (non-hydrogen) atoms. The van der Waals surface area contributed by atoms with Crippen molar-refractivity contribution in [3.63, 3.8) is 0 Å². The van der Waals surface area contributed by atoms with Crippen LogP contribution in [0.15, 0.2) is 48.7 Å². The van der Waals surface area contributed by atoms with Gasteiger partial charge in [0, 0.05) is 24.7 Å². The van der Waals surface area contributed by atoms with E-state index in [1.807, 2.05) is 31.4 Å². The fourth-order valence-corrected chi connectivity index (χ4v) is 2.57. The number of H-pyrrole nitrogens is 1. The smallest absolute Gasteiger partial charge is 0.127 e. The van der Waals surface area contributed by atoms with Gasteiger partial charge in [0.05, 0.1) is 0 Å². The Balaban J connectivity index is 1.97. The molecule has 0 bridgehead atoms. The van der Waals surface area contributed by atoms with Crippen LogP contribution < -0.4 is 5.32 Å². The number of halogens is 1. The van der Waals surface area contributed by atoms with Crippen LogP contribution in [0.3, 0.4) is 0 Å². The average Bonchev–Trinajstić information content (AvgIpc) is 2.90. The summed E-state index contributed by atoms with van der Waals surface area (Å²) in [7, 11) is 1.88. The fraction of sp³-hybridized carbons (Fsp3) is 0.176. The van der Waals surface area contributed by atoms with Gasteiger partial charge in [0.15, 0.2) is 0 Å². The van der Waals surface area contributed by atoms with Gasteiger partial charge in [0.25, 0.3) is 0 Å². The molecule has 0 fully saturated rings. The Morgan fingerprint density at radius 3 is 2.90 bits per heavy atom. The summed E-state index contributed by atoms with van der Waals surface area (Å²) in [4.78, 5) is 3.17. The molecule has 1 heterocycles. The second-order valence-corrected chi connectivity index (χ2v) is 4.98. The molecule has 0 aliphatic carbocycles. The third kappa shape index (κ3) is 2.45. The van der Waals surface area contributed by atoms with Gasteiger partial charge in [-0.05, 0) is 53.4 Å². The predicted octanol–water partition coefficient (Wildman–Crippen LogP) is 3.62. The van der Waals surface area contributed by atoms with Gasteiger partial charge < -0.3 is 10.3 Å². The van der Waals surface area contributed by atoms with E-state index in [4.69, 9.17) is 0 Å². The minimum absolute atomic E-state index is 0.132. The zero-order valence-corrected chi connectivity index (χ0v) is 11.4.